The van der Waals surface area contributed by atoms with Crippen LogP contribution < -0.4 is 14.2 Å². The first-order valence-electron chi connectivity index (χ1n) is 11.5. The third-order valence-electron chi connectivity index (χ3n) is 5.63. The lowest BCUT2D eigenvalue weighted by atomic mass is 10.00. The van der Waals surface area contributed by atoms with E-state index < -0.39 is 5.97 Å². The monoisotopic (exact) mass is 484 g/mol. The predicted octanol–water partition coefficient (Wildman–Crippen LogP) is 5.56. The second kappa shape index (κ2) is 11.3. The summed E-state index contributed by atoms with van der Waals surface area (Å²) >= 11 is 0. The maximum atomic E-state index is 12.6. The lowest BCUT2D eigenvalue weighted by Gasteiger charge is -2.11. The van der Waals surface area contributed by atoms with E-state index in [9.17, 15) is 4.79 Å². The van der Waals surface area contributed by atoms with Crippen LogP contribution in [0.3, 0.4) is 0 Å². The van der Waals surface area contributed by atoms with Crippen molar-refractivity contribution in [2.75, 3.05) is 27.9 Å². The highest BCUT2D eigenvalue weighted by Gasteiger charge is 2.20. The zero-order valence-electron chi connectivity index (χ0n) is 20.7. The Balaban J connectivity index is 1.93. The summed E-state index contributed by atoms with van der Waals surface area (Å²) in [7, 11) is 4.86. The van der Waals surface area contributed by atoms with E-state index in [0.29, 0.717) is 17.0 Å². The number of carbonyl (C=O) groups excluding carboxylic acids is 1. The molecule has 4 aromatic rings. The van der Waals surface area contributed by atoms with Crippen LogP contribution >= 0.6 is 0 Å². The summed E-state index contributed by atoms with van der Waals surface area (Å²) in [4.78, 5) is 12.6. The van der Waals surface area contributed by atoms with Crippen molar-refractivity contribution >= 4 is 11.5 Å². The molecule has 0 amide bonds. The molecule has 4 rings (SSSR count). The highest BCUT2D eigenvalue weighted by molar-refractivity contribution is 5.97. The van der Waals surface area contributed by atoms with Gasteiger partial charge in [-0.1, -0.05) is 18.2 Å². The topological polar surface area (TPSA) is 71.8 Å². The van der Waals surface area contributed by atoms with Gasteiger partial charge in [-0.05, 0) is 67.6 Å². The molecule has 0 spiro atoms. The number of ether oxygens (including phenoxy) is 4. The molecule has 0 bridgehead atoms. The molecule has 0 fully saturated rings. The number of para-hydroxylation sites is 1. The number of aromatic nitrogens is 2. The van der Waals surface area contributed by atoms with Gasteiger partial charge in [0.1, 0.15) is 17.2 Å². The lowest BCUT2D eigenvalue weighted by Crippen LogP contribution is -2.04. The van der Waals surface area contributed by atoms with Gasteiger partial charge in [0, 0.05) is 22.8 Å². The molecule has 36 heavy (non-hydrogen) atoms. The fraction of sp³-hybridized carbons (Fsp3) is 0.172. The van der Waals surface area contributed by atoms with Crippen molar-refractivity contribution in [1.29, 1.82) is 0 Å². The molecule has 0 atom stereocenters. The third kappa shape index (κ3) is 5.25. The lowest BCUT2D eigenvalue weighted by molar-refractivity contribution is -0.137. The Morgan fingerprint density at radius 1 is 0.861 bits per heavy atom. The molecule has 0 N–H and O–H groups in total. The number of methoxy groups -OCH3 is 3. The van der Waals surface area contributed by atoms with Gasteiger partial charge in [0.05, 0.1) is 45.0 Å². The maximum absolute atomic E-state index is 12.6. The van der Waals surface area contributed by atoms with Crippen LogP contribution in [0, 0.1) is 0 Å². The summed E-state index contributed by atoms with van der Waals surface area (Å²) < 4.78 is 23.3. The zero-order valence-corrected chi connectivity index (χ0v) is 20.7. The molecule has 3 aromatic carbocycles. The van der Waals surface area contributed by atoms with E-state index in [1.165, 1.54) is 6.08 Å². The smallest absolute Gasteiger partial charge is 0.331 e. The third-order valence-corrected chi connectivity index (χ3v) is 5.63. The Morgan fingerprint density at radius 3 is 2.11 bits per heavy atom. The summed E-state index contributed by atoms with van der Waals surface area (Å²) in [6.45, 7) is 2.04. The molecule has 7 nitrogen and oxygen atoms in total. The van der Waals surface area contributed by atoms with Crippen molar-refractivity contribution in [3.8, 4) is 34.2 Å². The molecule has 7 heteroatoms. The van der Waals surface area contributed by atoms with Crippen molar-refractivity contribution in [1.82, 2.24) is 9.78 Å². The Kier molecular flexibility index (Phi) is 7.70. The normalized spacial score (nSPS) is 11.2. The molecular formula is C29H28N2O5. The van der Waals surface area contributed by atoms with E-state index >= 15 is 0 Å². The first-order valence-corrected chi connectivity index (χ1v) is 11.5. The number of nitrogens with zero attached hydrogens (tertiary/aromatic N) is 2. The molecule has 184 valence electrons. The van der Waals surface area contributed by atoms with Crippen LogP contribution in [0.1, 0.15) is 18.2 Å². The van der Waals surface area contributed by atoms with Gasteiger partial charge in [0.15, 0.2) is 0 Å². The van der Waals surface area contributed by atoms with E-state index in [2.05, 4.69) is 0 Å². The number of carbonyl (C=O) groups is 1. The van der Waals surface area contributed by atoms with E-state index in [4.69, 9.17) is 24.0 Å². The second-order valence-electron chi connectivity index (χ2n) is 7.76. The molecular weight excluding hydrogens is 456 g/mol. The Morgan fingerprint density at radius 2 is 1.50 bits per heavy atom. The van der Waals surface area contributed by atoms with Gasteiger partial charge in [-0.2, -0.15) is 5.10 Å². The van der Waals surface area contributed by atoms with E-state index in [-0.39, 0.29) is 6.61 Å². The summed E-state index contributed by atoms with van der Waals surface area (Å²) in [5, 5.41) is 4.93. The van der Waals surface area contributed by atoms with Crippen LogP contribution in [0.2, 0.25) is 0 Å². The Hall–Kier alpha value is -4.52. The number of esters is 1. The molecule has 0 aliphatic rings. The summed E-state index contributed by atoms with van der Waals surface area (Å²) in [5.41, 5.74) is 4.52. The van der Waals surface area contributed by atoms with Crippen LogP contribution in [0.5, 0.6) is 17.2 Å². The van der Waals surface area contributed by atoms with Gasteiger partial charge in [-0.25, -0.2) is 9.48 Å². The molecule has 0 saturated carbocycles. The highest BCUT2D eigenvalue weighted by atomic mass is 16.5. The van der Waals surface area contributed by atoms with Gasteiger partial charge < -0.3 is 18.9 Å². The molecule has 0 saturated heterocycles. The van der Waals surface area contributed by atoms with E-state index in [1.807, 2.05) is 83.5 Å². The van der Waals surface area contributed by atoms with Gasteiger partial charge in [0.25, 0.3) is 0 Å². The average molecular weight is 485 g/mol. The van der Waals surface area contributed by atoms with Crippen molar-refractivity contribution < 1.29 is 23.7 Å². The number of hydrogen-bond donors (Lipinski definition) is 0. The SMILES string of the molecule is CCOC(=O)/C=C(\c1cc(-c2ccc(OC)cc2)n(-c2ccc(OC)cc2)n1)c1ccccc1OC. The fourth-order valence-corrected chi connectivity index (χ4v) is 3.86. The Bertz CT molecular complexity index is 1290. The largest absolute Gasteiger partial charge is 0.497 e. The number of benzene rings is 3. The molecule has 0 aliphatic heterocycles. The summed E-state index contributed by atoms with van der Waals surface area (Å²) in [5.74, 6) is 1.67. The minimum absolute atomic E-state index is 0.270. The summed E-state index contributed by atoms with van der Waals surface area (Å²) in [6.07, 6.45) is 1.46. The standard InChI is InChI=1S/C29H28N2O5/c1-5-36-29(32)18-25(24-8-6-7-9-28(24)35-4)26-19-27(20-10-14-22(33-2)15-11-20)31(30-26)21-12-16-23(34-3)17-13-21/h6-19H,5H2,1-4H3/b25-18-. The number of rotatable bonds is 9. The van der Waals surface area contributed by atoms with Crippen LogP contribution in [0.25, 0.3) is 22.5 Å². The molecule has 0 aliphatic carbocycles. The molecule has 0 unspecified atom stereocenters. The molecule has 1 heterocycles. The summed E-state index contributed by atoms with van der Waals surface area (Å²) in [6, 6.07) is 24.8. The number of hydrogen-bond acceptors (Lipinski definition) is 6. The second-order valence-corrected chi connectivity index (χ2v) is 7.76. The van der Waals surface area contributed by atoms with Crippen LogP contribution in [-0.2, 0) is 9.53 Å². The average Bonchev–Trinajstić information content (AvgIpc) is 3.37. The van der Waals surface area contributed by atoms with E-state index in [0.717, 1.165) is 34.0 Å². The van der Waals surface area contributed by atoms with Crippen LogP contribution in [0.4, 0.5) is 0 Å². The van der Waals surface area contributed by atoms with Crippen LogP contribution in [0.15, 0.2) is 84.9 Å². The zero-order chi connectivity index (χ0) is 25.5. The van der Waals surface area contributed by atoms with E-state index in [1.54, 1.807) is 28.3 Å². The van der Waals surface area contributed by atoms with Gasteiger partial charge in [-0.3, -0.25) is 0 Å². The fourth-order valence-electron chi connectivity index (χ4n) is 3.86. The quantitative estimate of drug-likeness (QED) is 0.229. The molecule has 1 aromatic heterocycles. The first-order chi connectivity index (χ1) is 17.6. The minimum Gasteiger partial charge on any atom is -0.497 e. The minimum atomic E-state index is -0.455. The Labute approximate surface area is 210 Å². The highest BCUT2D eigenvalue weighted by Crippen LogP contribution is 2.34. The van der Waals surface area contributed by atoms with Crippen molar-refractivity contribution in [3.05, 3.63) is 96.2 Å². The predicted molar refractivity (Wildman–Crippen MR) is 139 cm³/mol. The van der Waals surface area contributed by atoms with Gasteiger partial charge in [0.2, 0.25) is 0 Å². The van der Waals surface area contributed by atoms with Crippen LogP contribution in [-0.4, -0.2) is 43.7 Å². The van der Waals surface area contributed by atoms with Gasteiger partial charge in [-0.15, -0.1) is 0 Å². The maximum Gasteiger partial charge on any atom is 0.331 e. The van der Waals surface area contributed by atoms with Crippen molar-refractivity contribution in [2.45, 2.75) is 6.92 Å². The first kappa shape index (κ1) is 24.6. The molecule has 0 radical (unpaired) electrons. The van der Waals surface area contributed by atoms with Crippen molar-refractivity contribution in [2.24, 2.45) is 0 Å². The van der Waals surface area contributed by atoms with Crippen molar-refractivity contribution in [3.63, 3.8) is 0 Å². The van der Waals surface area contributed by atoms with Gasteiger partial charge >= 0.3 is 5.97 Å².